The summed E-state index contributed by atoms with van der Waals surface area (Å²) in [5.74, 6) is 0.108. The summed E-state index contributed by atoms with van der Waals surface area (Å²) in [6.07, 6.45) is -0.898. The number of alkyl halides is 3. The lowest BCUT2D eigenvalue weighted by Gasteiger charge is -2.41. The quantitative estimate of drug-likeness (QED) is 0.236. The Kier molecular flexibility index (Phi) is 9.23. The highest BCUT2D eigenvalue weighted by molar-refractivity contribution is 7.99. The van der Waals surface area contributed by atoms with Crippen LogP contribution < -0.4 is 5.32 Å². The first kappa shape index (κ1) is 27.3. The second kappa shape index (κ2) is 12.2. The molecule has 3 aromatic carbocycles. The van der Waals surface area contributed by atoms with Crippen molar-refractivity contribution in [3.05, 3.63) is 95.6 Å². The molecule has 0 saturated carbocycles. The van der Waals surface area contributed by atoms with Gasteiger partial charge < -0.3 is 19.9 Å². The number of rotatable bonds is 7. The Balaban J connectivity index is 1.55. The molecule has 5 nitrogen and oxygen atoms in total. The van der Waals surface area contributed by atoms with Crippen LogP contribution in [0.15, 0.2) is 83.8 Å². The maximum atomic E-state index is 12.0. The van der Waals surface area contributed by atoms with Crippen LogP contribution in [0.3, 0.4) is 0 Å². The molecule has 0 aromatic heterocycles. The number of amides is 1. The molecule has 0 radical (unpaired) electrons. The zero-order chi connectivity index (χ0) is 25.7. The molecular formula is C27H26Cl3NO4S. The second-order valence-corrected chi connectivity index (χ2v) is 11.9. The van der Waals surface area contributed by atoms with Gasteiger partial charge >= 0.3 is 0 Å². The lowest BCUT2D eigenvalue weighted by atomic mass is 9.91. The summed E-state index contributed by atoms with van der Waals surface area (Å²) in [5, 5.41) is 12.0. The Hall–Kier alpha value is -1.77. The normalized spacial score (nSPS) is 22.2. The average Bonchev–Trinajstić information content (AvgIpc) is 2.89. The molecule has 0 bridgehead atoms. The third kappa shape index (κ3) is 6.95. The molecule has 0 unspecified atom stereocenters. The van der Waals surface area contributed by atoms with Gasteiger partial charge in [-0.15, -0.1) is 11.8 Å². The van der Waals surface area contributed by atoms with Crippen molar-refractivity contribution in [3.8, 4) is 0 Å². The topological polar surface area (TPSA) is 67.8 Å². The molecule has 9 heteroatoms. The Bertz CT molecular complexity index is 1140. The Morgan fingerprint density at radius 1 is 0.944 bits per heavy atom. The van der Waals surface area contributed by atoms with E-state index in [2.05, 4.69) is 24.4 Å². The summed E-state index contributed by atoms with van der Waals surface area (Å²) in [6, 6.07) is 25.1. The number of halogens is 3. The van der Waals surface area contributed by atoms with Crippen LogP contribution in [0.25, 0.3) is 0 Å². The minimum Gasteiger partial charge on any atom is -0.392 e. The first-order valence-corrected chi connectivity index (χ1v) is 13.5. The van der Waals surface area contributed by atoms with E-state index in [9.17, 15) is 9.90 Å². The van der Waals surface area contributed by atoms with E-state index in [1.54, 1.807) is 23.9 Å². The Morgan fingerprint density at radius 3 is 2.19 bits per heavy atom. The monoisotopic (exact) mass is 565 g/mol. The van der Waals surface area contributed by atoms with Gasteiger partial charge in [-0.1, -0.05) is 96.3 Å². The molecular weight excluding hydrogens is 541 g/mol. The van der Waals surface area contributed by atoms with Crippen molar-refractivity contribution in [2.75, 3.05) is 11.1 Å². The van der Waals surface area contributed by atoms with Crippen LogP contribution in [0.5, 0.6) is 0 Å². The zero-order valence-electron chi connectivity index (χ0n) is 19.4. The van der Waals surface area contributed by atoms with Crippen molar-refractivity contribution >= 4 is 58.2 Å². The minimum atomic E-state index is -2.05. The Morgan fingerprint density at radius 2 is 1.58 bits per heavy atom. The number of aliphatic hydroxyl groups excluding tert-OH is 1. The Labute approximate surface area is 230 Å². The van der Waals surface area contributed by atoms with Gasteiger partial charge in [-0.2, -0.15) is 0 Å². The van der Waals surface area contributed by atoms with Crippen LogP contribution in [-0.4, -0.2) is 26.7 Å². The number of carbonyl (C=O) groups excluding carboxylic acids is 1. The third-order valence-corrected chi connectivity index (χ3v) is 7.59. The molecule has 3 aromatic rings. The summed E-state index contributed by atoms with van der Waals surface area (Å²) in [4.78, 5) is 13.1. The van der Waals surface area contributed by atoms with E-state index in [-0.39, 0.29) is 24.7 Å². The summed E-state index contributed by atoms with van der Waals surface area (Å²) in [5.41, 5.74) is 3.17. The van der Waals surface area contributed by atoms with Gasteiger partial charge in [0.05, 0.1) is 18.8 Å². The first-order chi connectivity index (χ1) is 17.2. The van der Waals surface area contributed by atoms with E-state index >= 15 is 0 Å². The van der Waals surface area contributed by atoms with Gasteiger partial charge in [0.2, 0.25) is 0 Å². The van der Waals surface area contributed by atoms with Gasteiger partial charge in [-0.05, 0) is 35.4 Å². The SMILES string of the molecule is C[C@H]1[C@@H](CSc2ccccc2)O[C@@H](c2ccc(NC(=O)C(Cl)(Cl)Cl)cc2)O[C@H]1c1ccc(CO)cc1. The fourth-order valence-electron chi connectivity index (χ4n) is 3.93. The van der Waals surface area contributed by atoms with Crippen LogP contribution >= 0.6 is 46.6 Å². The highest BCUT2D eigenvalue weighted by Crippen LogP contribution is 2.43. The molecule has 4 rings (SSSR count). The van der Waals surface area contributed by atoms with E-state index in [1.807, 2.05) is 54.6 Å². The maximum Gasteiger partial charge on any atom is 0.276 e. The number of nitrogens with one attached hydrogen (secondary N) is 1. The third-order valence-electron chi connectivity index (χ3n) is 5.98. The average molecular weight is 567 g/mol. The fourth-order valence-corrected chi connectivity index (χ4v) is 5.16. The van der Waals surface area contributed by atoms with E-state index in [0.29, 0.717) is 5.69 Å². The number of benzene rings is 3. The summed E-state index contributed by atoms with van der Waals surface area (Å²) in [7, 11) is 0. The molecule has 1 aliphatic heterocycles. The predicted molar refractivity (Wildman–Crippen MR) is 145 cm³/mol. The molecule has 4 atom stereocenters. The predicted octanol–water partition coefficient (Wildman–Crippen LogP) is 7.07. The highest BCUT2D eigenvalue weighted by atomic mass is 35.6. The lowest BCUT2D eigenvalue weighted by molar-refractivity contribution is -0.268. The molecule has 1 aliphatic rings. The van der Waals surface area contributed by atoms with Crippen LogP contribution in [0.4, 0.5) is 5.69 Å². The van der Waals surface area contributed by atoms with Gasteiger partial charge in [0.1, 0.15) is 0 Å². The van der Waals surface area contributed by atoms with Crippen LogP contribution in [0, 0.1) is 5.92 Å². The van der Waals surface area contributed by atoms with E-state index in [4.69, 9.17) is 44.3 Å². The first-order valence-electron chi connectivity index (χ1n) is 11.4. The molecule has 36 heavy (non-hydrogen) atoms. The number of ether oxygens (including phenoxy) is 2. The molecule has 0 aliphatic carbocycles. The van der Waals surface area contributed by atoms with Crippen LogP contribution in [0.2, 0.25) is 0 Å². The van der Waals surface area contributed by atoms with Gasteiger partial charge in [-0.25, -0.2) is 0 Å². The molecule has 1 fully saturated rings. The second-order valence-electron chi connectivity index (χ2n) is 8.52. The van der Waals surface area contributed by atoms with E-state index < -0.39 is 16.0 Å². The molecule has 1 heterocycles. The standard InChI is InChI=1S/C27H26Cl3NO4S/c1-17-23(16-36-22-5-3-2-4-6-22)34-25(35-24(17)19-9-7-18(15-32)8-10-19)20-11-13-21(14-12-20)31-26(33)27(28,29)30/h2-14,17,23-25,32H,15-16H2,1H3,(H,31,33)/t17-,23+,24+,25+/m0/s1. The van der Waals surface area contributed by atoms with Crippen molar-refractivity contribution < 1.29 is 19.4 Å². The highest BCUT2D eigenvalue weighted by Gasteiger charge is 2.38. The van der Waals surface area contributed by atoms with E-state index in [1.165, 1.54) is 4.90 Å². The molecule has 1 saturated heterocycles. The summed E-state index contributed by atoms with van der Waals surface area (Å²) >= 11 is 18.7. The van der Waals surface area contributed by atoms with Crippen molar-refractivity contribution in [1.29, 1.82) is 0 Å². The van der Waals surface area contributed by atoms with E-state index in [0.717, 1.165) is 22.4 Å². The number of carbonyl (C=O) groups is 1. The summed E-state index contributed by atoms with van der Waals surface area (Å²) in [6.45, 7) is 2.12. The van der Waals surface area contributed by atoms with Crippen molar-refractivity contribution in [3.63, 3.8) is 0 Å². The van der Waals surface area contributed by atoms with Crippen molar-refractivity contribution in [2.24, 2.45) is 5.92 Å². The lowest BCUT2D eigenvalue weighted by Crippen LogP contribution is -2.38. The minimum absolute atomic E-state index is 0.00933. The van der Waals surface area contributed by atoms with Crippen LogP contribution in [0.1, 0.15) is 36.0 Å². The van der Waals surface area contributed by atoms with Gasteiger partial charge in [0.15, 0.2) is 6.29 Å². The molecule has 2 N–H and O–H groups in total. The van der Waals surface area contributed by atoms with Crippen molar-refractivity contribution in [1.82, 2.24) is 0 Å². The van der Waals surface area contributed by atoms with Crippen molar-refractivity contribution in [2.45, 2.75) is 40.7 Å². The number of anilines is 1. The maximum absolute atomic E-state index is 12.0. The number of hydrogen-bond acceptors (Lipinski definition) is 5. The van der Waals surface area contributed by atoms with Crippen LogP contribution in [-0.2, 0) is 20.9 Å². The molecule has 190 valence electrons. The summed E-state index contributed by atoms with van der Waals surface area (Å²) < 4.78 is 10.9. The van der Waals surface area contributed by atoms with Gasteiger partial charge in [-0.3, -0.25) is 4.79 Å². The molecule has 1 amide bonds. The fraction of sp³-hybridized carbons (Fsp3) is 0.296. The zero-order valence-corrected chi connectivity index (χ0v) is 22.5. The smallest absolute Gasteiger partial charge is 0.276 e. The number of hydrogen-bond donors (Lipinski definition) is 2. The largest absolute Gasteiger partial charge is 0.392 e. The van der Waals surface area contributed by atoms with Gasteiger partial charge in [0, 0.05) is 27.8 Å². The molecule has 0 spiro atoms. The van der Waals surface area contributed by atoms with Gasteiger partial charge in [0.25, 0.3) is 9.70 Å². The number of thioether (sulfide) groups is 1. The number of aliphatic hydroxyl groups is 1.